The zero-order valence-electron chi connectivity index (χ0n) is 20.3. The van der Waals surface area contributed by atoms with Gasteiger partial charge in [-0.2, -0.15) is 0 Å². The molecular formula is C21H34N6O6S. The topological polar surface area (TPSA) is 170 Å². The Labute approximate surface area is 202 Å². The lowest BCUT2D eigenvalue weighted by Gasteiger charge is -2.37. The highest BCUT2D eigenvalue weighted by Crippen LogP contribution is 2.17. The smallest absolute Gasteiger partial charge is 0.408 e. The van der Waals surface area contributed by atoms with Crippen LogP contribution in [-0.4, -0.2) is 81.8 Å². The minimum Gasteiger partial charge on any atom is -0.465 e. The molecule has 190 valence electrons. The fourth-order valence-electron chi connectivity index (χ4n) is 3.03. The van der Waals surface area contributed by atoms with Gasteiger partial charge in [-0.15, -0.1) is 0 Å². The first kappa shape index (κ1) is 28.8. The Morgan fingerprint density at radius 2 is 1.65 bits per heavy atom. The van der Waals surface area contributed by atoms with Crippen LogP contribution in [0.3, 0.4) is 0 Å². The molecule has 0 radical (unpaired) electrons. The van der Waals surface area contributed by atoms with Crippen molar-refractivity contribution in [3.05, 3.63) is 11.1 Å². The van der Waals surface area contributed by atoms with Gasteiger partial charge in [0.05, 0.1) is 11.1 Å². The number of rotatable bonds is 12. The van der Waals surface area contributed by atoms with Crippen molar-refractivity contribution in [1.29, 1.82) is 0 Å². The molecule has 34 heavy (non-hydrogen) atoms. The molecule has 0 saturated carbocycles. The molecule has 3 atom stereocenters. The summed E-state index contributed by atoms with van der Waals surface area (Å²) in [5.74, 6) is -1.58. The molecule has 0 fully saturated rings. The normalized spacial score (nSPS) is 13.7. The van der Waals surface area contributed by atoms with Crippen LogP contribution in [0.4, 0.5) is 9.93 Å². The summed E-state index contributed by atoms with van der Waals surface area (Å²) in [6.45, 7) is 10.3. The molecule has 0 unspecified atom stereocenters. The summed E-state index contributed by atoms with van der Waals surface area (Å²) in [4.78, 5) is 64.9. The highest BCUT2D eigenvalue weighted by atomic mass is 32.1. The first-order valence-corrected chi connectivity index (χ1v) is 11.6. The average Bonchev–Trinajstić information content (AvgIpc) is 3.19. The number of hydrogen-bond acceptors (Lipinski definition) is 8. The van der Waals surface area contributed by atoms with Crippen molar-refractivity contribution >= 4 is 46.6 Å². The SMILES string of the molecule is C[C@H](NC(=O)[C@H](C)NC(=O)[C@H](C)N(C(=O)O)C(C)(C)C)C(=O)NCCCNc1ncc(C=O)s1. The van der Waals surface area contributed by atoms with Crippen LogP contribution < -0.4 is 21.3 Å². The molecule has 1 heterocycles. The second-order valence-corrected chi connectivity index (χ2v) is 9.78. The number of nitrogens with zero attached hydrogens (tertiary/aromatic N) is 2. The van der Waals surface area contributed by atoms with Crippen LogP contribution in [0.15, 0.2) is 6.20 Å². The minimum atomic E-state index is -1.25. The average molecular weight is 499 g/mol. The molecule has 0 aliphatic carbocycles. The summed E-state index contributed by atoms with van der Waals surface area (Å²) in [7, 11) is 0. The maximum Gasteiger partial charge on any atom is 0.408 e. The first-order valence-electron chi connectivity index (χ1n) is 10.8. The van der Waals surface area contributed by atoms with Gasteiger partial charge in [-0.1, -0.05) is 11.3 Å². The van der Waals surface area contributed by atoms with Crippen LogP contribution in [-0.2, 0) is 14.4 Å². The third-order valence-corrected chi connectivity index (χ3v) is 5.65. The number of thiazole rings is 1. The summed E-state index contributed by atoms with van der Waals surface area (Å²) in [6.07, 6.45) is 1.55. The van der Waals surface area contributed by atoms with Crippen molar-refractivity contribution in [2.24, 2.45) is 0 Å². The van der Waals surface area contributed by atoms with Gasteiger partial charge in [-0.25, -0.2) is 9.78 Å². The number of anilines is 1. The van der Waals surface area contributed by atoms with Crippen LogP contribution in [0.25, 0.3) is 0 Å². The quantitative estimate of drug-likeness (QED) is 0.210. The summed E-state index contributed by atoms with van der Waals surface area (Å²) >= 11 is 1.23. The molecular weight excluding hydrogens is 464 g/mol. The van der Waals surface area contributed by atoms with E-state index in [9.17, 15) is 29.1 Å². The Morgan fingerprint density at radius 3 is 2.18 bits per heavy atom. The van der Waals surface area contributed by atoms with E-state index >= 15 is 0 Å². The lowest BCUT2D eigenvalue weighted by Crippen LogP contribution is -2.58. The Kier molecular flexibility index (Phi) is 10.9. The number of carbonyl (C=O) groups excluding carboxylic acids is 4. The van der Waals surface area contributed by atoms with Gasteiger partial charge in [0.15, 0.2) is 11.4 Å². The largest absolute Gasteiger partial charge is 0.465 e. The van der Waals surface area contributed by atoms with Crippen LogP contribution in [0, 0.1) is 0 Å². The maximum atomic E-state index is 12.5. The van der Waals surface area contributed by atoms with Gasteiger partial charge in [0, 0.05) is 18.6 Å². The predicted octanol–water partition coefficient (Wildman–Crippen LogP) is 1.05. The van der Waals surface area contributed by atoms with Crippen molar-refractivity contribution in [3.8, 4) is 0 Å². The van der Waals surface area contributed by atoms with E-state index in [0.29, 0.717) is 29.5 Å². The molecule has 4 amide bonds. The van der Waals surface area contributed by atoms with Gasteiger partial charge < -0.3 is 26.4 Å². The first-order chi connectivity index (χ1) is 15.8. The standard InChI is InChI=1S/C21H34N6O6S/c1-12(16(29)22-8-7-9-23-19-24-10-15(11-28)34-19)25-17(30)13(2)26-18(31)14(3)27(20(32)33)21(4,5)6/h10-14H,7-9H2,1-6H3,(H,22,29)(H,23,24)(H,25,30)(H,26,31)(H,32,33)/t12-,13-,14-/m0/s1. The van der Waals surface area contributed by atoms with Crippen molar-refractivity contribution in [1.82, 2.24) is 25.8 Å². The monoisotopic (exact) mass is 498 g/mol. The summed E-state index contributed by atoms with van der Waals surface area (Å²) in [5, 5.41) is 20.8. The van der Waals surface area contributed by atoms with Gasteiger partial charge in [0.25, 0.3) is 0 Å². The van der Waals surface area contributed by atoms with Gasteiger partial charge in [-0.3, -0.25) is 24.1 Å². The second-order valence-electron chi connectivity index (χ2n) is 8.72. The van der Waals surface area contributed by atoms with Crippen molar-refractivity contribution in [2.75, 3.05) is 18.4 Å². The van der Waals surface area contributed by atoms with E-state index in [1.807, 2.05) is 0 Å². The second kappa shape index (κ2) is 12.9. The van der Waals surface area contributed by atoms with Gasteiger partial charge in [0.1, 0.15) is 18.1 Å². The van der Waals surface area contributed by atoms with Crippen molar-refractivity contribution in [2.45, 2.75) is 71.6 Å². The number of carboxylic acid groups (broad SMARTS) is 1. The van der Waals surface area contributed by atoms with Crippen LogP contribution in [0.1, 0.15) is 57.6 Å². The van der Waals surface area contributed by atoms with Gasteiger partial charge >= 0.3 is 6.09 Å². The molecule has 13 heteroatoms. The maximum absolute atomic E-state index is 12.5. The molecule has 0 aliphatic heterocycles. The van der Waals surface area contributed by atoms with E-state index in [4.69, 9.17) is 0 Å². The van der Waals surface area contributed by atoms with E-state index in [-0.39, 0.29) is 5.91 Å². The van der Waals surface area contributed by atoms with Crippen LogP contribution in [0.2, 0.25) is 0 Å². The molecule has 0 aromatic carbocycles. The Balaban J connectivity index is 2.42. The predicted molar refractivity (Wildman–Crippen MR) is 128 cm³/mol. The number of carbonyl (C=O) groups is 5. The van der Waals surface area contributed by atoms with Crippen LogP contribution in [0.5, 0.6) is 0 Å². The van der Waals surface area contributed by atoms with E-state index in [1.165, 1.54) is 38.3 Å². The van der Waals surface area contributed by atoms with Crippen molar-refractivity contribution < 1.29 is 29.1 Å². The Hall–Kier alpha value is -3.22. The zero-order valence-corrected chi connectivity index (χ0v) is 21.1. The van der Waals surface area contributed by atoms with E-state index in [2.05, 4.69) is 26.3 Å². The summed E-state index contributed by atoms with van der Waals surface area (Å²) < 4.78 is 0. The molecule has 0 saturated heterocycles. The number of nitrogens with one attached hydrogen (secondary N) is 4. The molecule has 1 rings (SSSR count). The molecule has 0 bridgehead atoms. The summed E-state index contributed by atoms with van der Waals surface area (Å²) in [5.41, 5.74) is -0.811. The molecule has 0 spiro atoms. The Bertz CT molecular complexity index is 883. The van der Waals surface area contributed by atoms with Crippen molar-refractivity contribution in [3.63, 3.8) is 0 Å². The number of aromatic nitrogens is 1. The lowest BCUT2D eigenvalue weighted by molar-refractivity contribution is -0.133. The molecule has 1 aromatic heterocycles. The van der Waals surface area contributed by atoms with Gasteiger partial charge in [0.2, 0.25) is 17.7 Å². The van der Waals surface area contributed by atoms with E-state index < -0.39 is 41.6 Å². The number of amides is 4. The summed E-state index contributed by atoms with van der Waals surface area (Å²) in [6, 6.07) is -2.83. The van der Waals surface area contributed by atoms with Crippen LogP contribution >= 0.6 is 11.3 Å². The molecule has 12 nitrogen and oxygen atoms in total. The third kappa shape index (κ3) is 8.96. The van der Waals surface area contributed by atoms with E-state index in [1.54, 1.807) is 20.8 Å². The third-order valence-electron chi connectivity index (χ3n) is 4.77. The molecule has 1 aromatic rings. The molecule has 0 aliphatic rings. The fourth-order valence-corrected chi connectivity index (χ4v) is 3.68. The van der Waals surface area contributed by atoms with E-state index in [0.717, 1.165) is 11.2 Å². The van der Waals surface area contributed by atoms with Gasteiger partial charge in [-0.05, 0) is 48.0 Å². The fraction of sp³-hybridized carbons (Fsp3) is 0.619. The minimum absolute atomic E-state index is 0.361. The zero-order chi connectivity index (χ0) is 26.1. The Morgan fingerprint density at radius 1 is 1.06 bits per heavy atom. The number of hydrogen-bond donors (Lipinski definition) is 5. The lowest BCUT2D eigenvalue weighted by atomic mass is 10.0. The highest BCUT2D eigenvalue weighted by Gasteiger charge is 2.35. The molecule has 5 N–H and O–H groups in total. The number of aldehydes is 1. The highest BCUT2D eigenvalue weighted by molar-refractivity contribution is 7.17.